The Hall–Kier alpha value is -8.03. The molecule has 0 radical (unpaired) electrons. The molecule has 2 aromatic carbocycles. The first kappa shape index (κ1) is 41.1. The first-order chi connectivity index (χ1) is 27.4. The lowest BCUT2D eigenvalue weighted by Gasteiger charge is -2.03. The van der Waals surface area contributed by atoms with E-state index in [1.807, 2.05) is 0 Å². The Kier molecular flexibility index (Phi) is 11.3. The molecule has 6 aromatic rings. The molecule has 58 heavy (non-hydrogen) atoms. The zero-order valence-corrected chi connectivity index (χ0v) is 30.3. The van der Waals surface area contributed by atoms with Gasteiger partial charge in [0.1, 0.15) is 41.4 Å². The number of aromatic nitrogens is 4. The standard InChI is InChI=1S/C20H16N2O8.C18H12N2O8/c1-3-15(23)29-7-5-21-17(25)11-9-13-14(10-12(11)18(21)26)20(28)22(19(13)27)6-8-30-16(24)4-2;1-4-19-14(23)8-9(15(19)24)13(22)11-10(12(8)21)16(25)20(17(11)26)5-6-28-18(27)7(2)3/h3-4,9-10H,1-2,5-8H2;4H,1-2,5-6H2,3H3. The van der Waals surface area contributed by atoms with Crippen LogP contribution in [0.2, 0.25) is 0 Å². The molecule has 20 heteroatoms. The van der Waals surface area contributed by atoms with Crippen LogP contribution in [-0.2, 0) is 48.2 Å². The zero-order chi connectivity index (χ0) is 42.9. The van der Waals surface area contributed by atoms with Crippen LogP contribution < -0.4 is 55.3 Å². The Labute approximate surface area is 319 Å². The number of nitrogens with zero attached hydrogens (tertiary/aromatic N) is 4. The highest BCUT2D eigenvalue weighted by Crippen LogP contribution is 2.14. The van der Waals surface area contributed by atoms with Gasteiger partial charge in [-0.2, -0.15) is 0 Å². The van der Waals surface area contributed by atoms with Crippen molar-refractivity contribution in [3.05, 3.63) is 159 Å². The van der Waals surface area contributed by atoms with Crippen LogP contribution in [0.3, 0.4) is 0 Å². The van der Waals surface area contributed by atoms with Gasteiger partial charge in [0.05, 0.1) is 41.2 Å². The largest absolute Gasteiger partial charge is 0.461 e. The van der Waals surface area contributed by atoms with Crippen molar-refractivity contribution in [3.8, 4) is 0 Å². The second-order valence-corrected chi connectivity index (χ2v) is 12.2. The molecule has 0 fully saturated rings. The lowest BCUT2D eigenvalue weighted by atomic mass is 10.1. The molecule has 0 atom stereocenters. The Morgan fingerprint density at radius 1 is 0.517 bits per heavy atom. The molecule has 0 unspecified atom stereocenters. The van der Waals surface area contributed by atoms with Gasteiger partial charge in [0, 0.05) is 23.9 Å². The average molecular weight is 797 g/mol. The minimum atomic E-state index is -1.17. The smallest absolute Gasteiger partial charge is 0.333 e. The molecule has 0 amide bonds. The van der Waals surface area contributed by atoms with E-state index < -0.39 is 101 Å². The number of carbonyl (C=O) groups excluding carboxylic acids is 3. The van der Waals surface area contributed by atoms with Crippen LogP contribution in [0, 0.1) is 0 Å². The van der Waals surface area contributed by atoms with Gasteiger partial charge in [0.2, 0.25) is 10.9 Å². The number of rotatable bonds is 13. The van der Waals surface area contributed by atoms with Crippen LogP contribution in [0.1, 0.15) is 6.92 Å². The molecule has 296 valence electrons. The number of benzene rings is 2. The van der Waals surface area contributed by atoms with E-state index in [4.69, 9.17) is 14.2 Å². The molecule has 20 nitrogen and oxygen atoms in total. The van der Waals surface area contributed by atoms with Crippen LogP contribution in [0.15, 0.2) is 104 Å². The number of ether oxygens (including phenoxy) is 3. The summed E-state index contributed by atoms with van der Waals surface area (Å²) in [7, 11) is 0. The monoisotopic (exact) mass is 796 g/mol. The van der Waals surface area contributed by atoms with E-state index in [0.717, 1.165) is 27.5 Å². The zero-order valence-electron chi connectivity index (χ0n) is 30.3. The van der Waals surface area contributed by atoms with Crippen molar-refractivity contribution in [2.75, 3.05) is 19.8 Å². The van der Waals surface area contributed by atoms with Crippen LogP contribution >= 0.6 is 0 Å². The SMILES string of the molecule is C=CC(=O)OCCn1c(=O)c2cc3c(=O)n(CCOC(=O)C=C)c(=O)c3cc2c1=O.C=Cn1c(=O)c2c(=O)c3c(=O)n(CCOC(=O)C(=C)C)c(=O)c3c(=O)c2c1=O. The Bertz CT molecular complexity index is 3080. The molecular formula is C38H28N4O16. The summed E-state index contributed by atoms with van der Waals surface area (Å²) in [6, 6.07) is 2.41. The predicted molar refractivity (Wildman–Crippen MR) is 208 cm³/mol. The fraction of sp³-hybridized carbons (Fsp3) is 0.184. The van der Waals surface area contributed by atoms with Crippen molar-refractivity contribution >= 4 is 67.2 Å². The van der Waals surface area contributed by atoms with Crippen molar-refractivity contribution in [2.24, 2.45) is 0 Å². The predicted octanol–water partition coefficient (Wildman–Crippen LogP) is -2.34. The van der Waals surface area contributed by atoms with Crippen molar-refractivity contribution in [1.82, 2.24) is 18.3 Å². The molecule has 0 aliphatic carbocycles. The maximum Gasteiger partial charge on any atom is 0.333 e. The van der Waals surface area contributed by atoms with Crippen LogP contribution in [0.5, 0.6) is 0 Å². The molecule has 6 rings (SSSR count). The maximum atomic E-state index is 12.6. The normalized spacial score (nSPS) is 11.1. The molecule has 0 spiro atoms. The third kappa shape index (κ3) is 6.89. The van der Waals surface area contributed by atoms with Gasteiger partial charge in [-0.15, -0.1) is 0 Å². The molecule has 0 aliphatic heterocycles. The first-order valence-electron chi connectivity index (χ1n) is 16.7. The fourth-order valence-corrected chi connectivity index (χ4v) is 6.01. The third-order valence-electron chi connectivity index (χ3n) is 8.78. The molecule has 4 heterocycles. The lowest BCUT2D eigenvalue weighted by Crippen LogP contribution is -2.29. The van der Waals surface area contributed by atoms with Gasteiger partial charge in [-0.25, -0.2) is 19.0 Å². The van der Waals surface area contributed by atoms with Crippen LogP contribution in [0.25, 0.3) is 49.3 Å². The van der Waals surface area contributed by atoms with Gasteiger partial charge in [0.15, 0.2) is 0 Å². The molecule has 0 aliphatic rings. The number of esters is 3. The summed E-state index contributed by atoms with van der Waals surface area (Å²) in [5.41, 5.74) is -9.27. The third-order valence-corrected chi connectivity index (χ3v) is 8.78. The summed E-state index contributed by atoms with van der Waals surface area (Å²) in [5, 5.41) is -3.13. The number of carbonyl (C=O) groups is 3. The maximum absolute atomic E-state index is 12.6. The van der Waals surface area contributed by atoms with E-state index in [2.05, 4.69) is 26.3 Å². The van der Waals surface area contributed by atoms with Crippen LogP contribution in [-0.4, -0.2) is 56.0 Å². The van der Waals surface area contributed by atoms with Crippen molar-refractivity contribution < 1.29 is 28.6 Å². The van der Waals surface area contributed by atoms with E-state index in [0.29, 0.717) is 9.13 Å². The summed E-state index contributed by atoms with van der Waals surface area (Å²) in [6.45, 7) is 12.9. The molecule has 0 bridgehead atoms. The van der Waals surface area contributed by atoms with E-state index in [1.54, 1.807) is 0 Å². The van der Waals surface area contributed by atoms with Gasteiger partial charge < -0.3 is 14.2 Å². The summed E-state index contributed by atoms with van der Waals surface area (Å²) in [6.07, 6.45) is 2.74. The summed E-state index contributed by atoms with van der Waals surface area (Å²) in [4.78, 5) is 159. The topological polar surface area (TPSA) is 269 Å². The highest BCUT2D eigenvalue weighted by atomic mass is 16.5. The van der Waals surface area contributed by atoms with Crippen molar-refractivity contribution in [1.29, 1.82) is 0 Å². The highest BCUT2D eigenvalue weighted by molar-refractivity contribution is 5.99. The first-order valence-corrected chi connectivity index (χ1v) is 16.7. The lowest BCUT2D eigenvalue weighted by molar-refractivity contribution is -0.139. The highest BCUT2D eigenvalue weighted by Gasteiger charge is 2.27. The second-order valence-electron chi connectivity index (χ2n) is 12.2. The summed E-state index contributed by atoms with van der Waals surface area (Å²) in [5.74, 6) is -2.13. The van der Waals surface area contributed by atoms with Crippen molar-refractivity contribution in [3.63, 3.8) is 0 Å². The number of fused-ring (bicyclic) bond motifs is 4. The van der Waals surface area contributed by atoms with E-state index in [-0.39, 0.29) is 60.0 Å². The van der Waals surface area contributed by atoms with Gasteiger partial charge in [-0.3, -0.25) is 61.6 Å². The Morgan fingerprint density at radius 2 is 0.828 bits per heavy atom. The summed E-state index contributed by atoms with van der Waals surface area (Å²) < 4.78 is 17.1. The van der Waals surface area contributed by atoms with E-state index in [1.165, 1.54) is 19.1 Å². The minimum absolute atomic E-state index is 0.0186. The Balaban J connectivity index is 0.000000221. The van der Waals surface area contributed by atoms with E-state index >= 15 is 0 Å². The molecular weight excluding hydrogens is 768 g/mol. The quantitative estimate of drug-likeness (QED) is 0.0673. The van der Waals surface area contributed by atoms with E-state index in [9.17, 15) is 62.3 Å². The van der Waals surface area contributed by atoms with Gasteiger partial charge in [0.25, 0.3) is 44.5 Å². The van der Waals surface area contributed by atoms with Gasteiger partial charge in [-0.05, 0) is 19.1 Å². The van der Waals surface area contributed by atoms with Crippen molar-refractivity contribution in [2.45, 2.75) is 26.6 Å². The van der Waals surface area contributed by atoms with Gasteiger partial charge >= 0.3 is 17.9 Å². The molecule has 0 N–H and O–H groups in total. The summed E-state index contributed by atoms with van der Waals surface area (Å²) >= 11 is 0. The molecule has 4 aromatic heterocycles. The van der Waals surface area contributed by atoms with Crippen LogP contribution in [0.4, 0.5) is 0 Å². The average Bonchev–Trinajstić information content (AvgIpc) is 3.79. The Morgan fingerprint density at radius 3 is 1.14 bits per heavy atom. The molecule has 0 saturated heterocycles. The second kappa shape index (κ2) is 16.0. The number of hydrogen-bond acceptors (Lipinski definition) is 16. The minimum Gasteiger partial charge on any atom is -0.461 e. The fourth-order valence-electron chi connectivity index (χ4n) is 6.01. The van der Waals surface area contributed by atoms with Gasteiger partial charge in [-0.1, -0.05) is 26.3 Å². The molecule has 0 saturated carbocycles. The number of hydrogen-bond donors (Lipinski definition) is 0.